The molecule has 1 saturated carbocycles. The topological polar surface area (TPSA) is 59.5 Å². The molecule has 0 bridgehead atoms. The molecule has 32 heavy (non-hydrogen) atoms. The molecule has 0 radical (unpaired) electrons. The van der Waals surface area contributed by atoms with Crippen molar-refractivity contribution in [2.75, 3.05) is 4.90 Å². The van der Waals surface area contributed by atoms with Crippen LogP contribution in [0.3, 0.4) is 0 Å². The number of nitrogens with zero attached hydrogens (tertiary/aromatic N) is 2. The van der Waals surface area contributed by atoms with Crippen molar-refractivity contribution in [3.8, 4) is 0 Å². The number of ether oxygens (including phenoxy) is 1. The molecule has 1 amide bonds. The van der Waals surface area contributed by atoms with Crippen LogP contribution in [0.2, 0.25) is 0 Å². The van der Waals surface area contributed by atoms with Crippen molar-refractivity contribution >= 4 is 38.4 Å². The number of carbonyl (C=O) groups is 2. The van der Waals surface area contributed by atoms with E-state index in [1.165, 1.54) is 11.3 Å². The Hall–Kier alpha value is -2.99. The average molecular weight is 445 g/mol. The van der Waals surface area contributed by atoms with Crippen LogP contribution in [0.25, 0.3) is 10.2 Å². The van der Waals surface area contributed by atoms with E-state index in [0.717, 1.165) is 52.6 Å². The first-order chi connectivity index (χ1) is 15.5. The van der Waals surface area contributed by atoms with Gasteiger partial charge in [0.2, 0.25) is 0 Å². The molecule has 6 rings (SSSR count). The zero-order chi connectivity index (χ0) is 22.0. The van der Waals surface area contributed by atoms with Gasteiger partial charge < -0.3 is 4.74 Å². The lowest BCUT2D eigenvalue weighted by molar-refractivity contribution is -0.131. The molecular formula is C26H24N2O3S. The number of thiazole rings is 1. The molecule has 5 nitrogen and oxygen atoms in total. The van der Waals surface area contributed by atoms with Crippen LogP contribution in [0.5, 0.6) is 0 Å². The van der Waals surface area contributed by atoms with E-state index in [1.807, 2.05) is 37.3 Å². The van der Waals surface area contributed by atoms with Crippen molar-refractivity contribution in [1.29, 1.82) is 0 Å². The molecule has 0 spiro atoms. The average Bonchev–Trinajstić information content (AvgIpc) is 3.34. The molecule has 3 unspecified atom stereocenters. The third kappa shape index (κ3) is 2.85. The molecule has 2 aromatic carbocycles. The highest BCUT2D eigenvalue weighted by molar-refractivity contribution is 7.22. The van der Waals surface area contributed by atoms with E-state index in [9.17, 15) is 9.59 Å². The Kier molecular flexibility index (Phi) is 4.47. The monoisotopic (exact) mass is 444 g/mol. The summed E-state index contributed by atoms with van der Waals surface area (Å²) in [5.74, 6) is -0.0886. The summed E-state index contributed by atoms with van der Waals surface area (Å²) in [5.41, 5.74) is 4.57. The molecule has 3 aliphatic rings. The first-order valence-corrected chi connectivity index (χ1v) is 12.1. The lowest BCUT2D eigenvalue weighted by atomic mass is 9.77. The van der Waals surface area contributed by atoms with Crippen molar-refractivity contribution in [3.05, 3.63) is 70.5 Å². The van der Waals surface area contributed by atoms with Gasteiger partial charge in [-0.1, -0.05) is 54.2 Å². The van der Waals surface area contributed by atoms with Gasteiger partial charge in [-0.2, -0.15) is 0 Å². The first kappa shape index (κ1) is 19.7. The highest BCUT2D eigenvalue weighted by Gasteiger charge is 2.53. The number of benzene rings is 2. The van der Waals surface area contributed by atoms with Crippen molar-refractivity contribution < 1.29 is 14.3 Å². The first-order valence-electron chi connectivity index (χ1n) is 11.2. The smallest absolute Gasteiger partial charge is 0.296 e. The molecule has 1 aromatic heterocycles. The fraction of sp³-hybridized carbons (Fsp3) is 0.346. The fourth-order valence-electron chi connectivity index (χ4n) is 5.45. The lowest BCUT2D eigenvalue weighted by Gasteiger charge is -2.35. The van der Waals surface area contributed by atoms with Crippen LogP contribution in [-0.4, -0.2) is 22.8 Å². The molecule has 0 N–H and O–H groups in total. The summed E-state index contributed by atoms with van der Waals surface area (Å²) in [7, 11) is 0. The molecule has 3 aromatic rings. The van der Waals surface area contributed by atoms with Crippen LogP contribution in [0, 0.1) is 19.8 Å². The fourth-order valence-corrected chi connectivity index (χ4v) is 6.62. The number of ketones is 1. The van der Waals surface area contributed by atoms with Gasteiger partial charge in [0.05, 0.1) is 27.7 Å². The minimum Gasteiger partial charge on any atom is -0.483 e. The highest BCUT2D eigenvalue weighted by Crippen LogP contribution is 2.49. The predicted octanol–water partition coefficient (Wildman–Crippen LogP) is 5.41. The van der Waals surface area contributed by atoms with E-state index >= 15 is 0 Å². The summed E-state index contributed by atoms with van der Waals surface area (Å²) < 4.78 is 7.31. The zero-order valence-corrected chi connectivity index (χ0v) is 18.9. The van der Waals surface area contributed by atoms with Crippen molar-refractivity contribution in [1.82, 2.24) is 4.98 Å². The number of Topliss-reactive ketones (excluding diaryl/α,β-unsaturated/α-hetero) is 1. The molecule has 6 heteroatoms. The Labute approximate surface area is 190 Å². The van der Waals surface area contributed by atoms with E-state index in [0.29, 0.717) is 10.7 Å². The zero-order valence-electron chi connectivity index (χ0n) is 18.1. The summed E-state index contributed by atoms with van der Waals surface area (Å²) in [6.07, 6.45) is 3.54. The number of carbonyl (C=O) groups excluding carboxylic acids is 2. The number of amides is 1. The molecule has 0 saturated heterocycles. The third-order valence-electron chi connectivity index (χ3n) is 6.90. The maximum atomic E-state index is 13.7. The maximum Gasteiger partial charge on any atom is 0.296 e. The van der Waals surface area contributed by atoms with E-state index in [2.05, 4.69) is 19.1 Å². The number of aryl methyl sites for hydroxylation is 2. The second-order valence-electron chi connectivity index (χ2n) is 9.07. The van der Waals surface area contributed by atoms with Crippen molar-refractivity contribution in [2.45, 2.75) is 51.7 Å². The number of hydrogen-bond donors (Lipinski definition) is 0. The minimum atomic E-state index is -0.504. The van der Waals surface area contributed by atoms with Gasteiger partial charge in [0.25, 0.3) is 5.91 Å². The van der Waals surface area contributed by atoms with Gasteiger partial charge in [-0.25, -0.2) is 4.98 Å². The summed E-state index contributed by atoms with van der Waals surface area (Å²) in [6.45, 7) is 4.11. The summed E-state index contributed by atoms with van der Waals surface area (Å²) in [6, 6.07) is 13.5. The number of aromatic nitrogens is 1. The Balaban J connectivity index is 1.52. The number of anilines is 1. The number of hydrogen-bond acceptors (Lipinski definition) is 5. The molecule has 162 valence electrons. The standard InChI is InChI=1S/C26H24N2O3S/c1-14-12-15(2)21-19(13-14)32-26(27-21)28-22(16-8-4-3-5-9-16)20-23(29)17-10-6-7-11-18(17)31-24(20)25(28)30/h3-5,8-9,12-13,17-18,22H,6-7,10-11H2,1-2H3. The SMILES string of the molecule is Cc1cc(C)c2nc(N3C(=O)C4=C(C(=O)C5CCCCC5O4)C3c3ccccc3)sc2c1. The normalized spacial score (nSPS) is 25.2. The lowest BCUT2D eigenvalue weighted by Crippen LogP contribution is -2.39. The van der Waals surface area contributed by atoms with Crippen LogP contribution >= 0.6 is 11.3 Å². The van der Waals surface area contributed by atoms with Crippen LogP contribution in [0.4, 0.5) is 5.13 Å². The van der Waals surface area contributed by atoms with E-state index < -0.39 is 6.04 Å². The Morgan fingerprint density at radius 2 is 1.84 bits per heavy atom. The van der Waals surface area contributed by atoms with Gasteiger partial charge in [-0.3, -0.25) is 14.5 Å². The van der Waals surface area contributed by atoms with E-state index in [-0.39, 0.29) is 29.5 Å². The van der Waals surface area contributed by atoms with Gasteiger partial charge in [-0.05, 0) is 55.9 Å². The summed E-state index contributed by atoms with van der Waals surface area (Å²) in [4.78, 5) is 34.0. The molecule has 1 fully saturated rings. The molecule has 1 aliphatic carbocycles. The minimum absolute atomic E-state index is 0.0776. The van der Waals surface area contributed by atoms with Gasteiger partial charge in [-0.15, -0.1) is 0 Å². The summed E-state index contributed by atoms with van der Waals surface area (Å²) >= 11 is 1.50. The maximum absolute atomic E-state index is 13.7. The van der Waals surface area contributed by atoms with Crippen LogP contribution in [0.1, 0.15) is 48.4 Å². The van der Waals surface area contributed by atoms with Gasteiger partial charge in [0.15, 0.2) is 16.7 Å². The quantitative estimate of drug-likeness (QED) is 0.530. The second kappa shape index (κ2) is 7.27. The van der Waals surface area contributed by atoms with Crippen molar-refractivity contribution in [2.24, 2.45) is 5.92 Å². The van der Waals surface area contributed by atoms with Crippen LogP contribution < -0.4 is 4.90 Å². The van der Waals surface area contributed by atoms with Gasteiger partial charge >= 0.3 is 0 Å². The number of rotatable bonds is 2. The Morgan fingerprint density at radius 1 is 1.06 bits per heavy atom. The molecule has 3 heterocycles. The largest absolute Gasteiger partial charge is 0.483 e. The Bertz CT molecular complexity index is 1290. The van der Waals surface area contributed by atoms with E-state index in [1.54, 1.807) is 4.90 Å². The Morgan fingerprint density at radius 3 is 2.66 bits per heavy atom. The second-order valence-corrected chi connectivity index (χ2v) is 10.1. The van der Waals surface area contributed by atoms with Gasteiger partial charge in [0, 0.05) is 0 Å². The van der Waals surface area contributed by atoms with Crippen LogP contribution in [0.15, 0.2) is 53.8 Å². The molecular weight excluding hydrogens is 420 g/mol. The summed E-state index contributed by atoms with van der Waals surface area (Å²) in [5, 5.41) is 0.612. The van der Waals surface area contributed by atoms with Crippen molar-refractivity contribution in [3.63, 3.8) is 0 Å². The predicted molar refractivity (Wildman–Crippen MR) is 125 cm³/mol. The molecule has 2 aliphatic heterocycles. The highest BCUT2D eigenvalue weighted by atomic mass is 32.1. The third-order valence-corrected chi connectivity index (χ3v) is 7.90. The molecule has 3 atom stereocenters. The number of fused-ring (bicyclic) bond motifs is 2. The van der Waals surface area contributed by atoms with E-state index in [4.69, 9.17) is 9.72 Å². The van der Waals surface area contributed by atoms with Gasteiger partial charge in [0.1, 0.15) is 6.10 Å². The van der Waals surface area contributed by atoms with Crippen LogP contribution in [-0.2, 0) is 14.3 Å².